The lowest BCUT2D eigenvalue weighted by Crippen LogP contribution is -2.35. The Kier molecular flexibility index (Phi) is 5.85. The van der Waals surface area contributed by atoms with Crippen molar-refractivity contribution in [1.82, 2.24) is 4.90 Å². The van der Waals surface area contributed by atoms with E-state index in [-0.39, 0.29) is 0 Å². The number of rotatable bonds is 7. The summed E-state index contributed by atoms with van der Waals surface area (Å²) in [5.41, 5.74) is 5.75. The van der Waals surface area contributed by atoms with Gasteiger partial charge >= 0.3 is 0 Å². The summed E-state index contributed by atoms with van der Waals surface area (Å²) in [5.74, 6) is 0. The predicted molar refractivity (Wildman–Crippen MR) is 74.1 cm³/mol. The van der Waals surface area contributed by atoms with Gasteiger partial charge in [0.2, 0.25) is 0 Å². The summed E-state index contributed by atoms with van der Waals surface area (Å²) in [6.07, 6.45) is 3.59. The lowest BCUT2D eigenvalue weighted by Gasteiger charge is -2.28. The molecule has 0 radical (unpaired) electrons. The number of nitrogens with zero attached hydrogens (tertiary/aromatic N) is 1. The highest BCUT2D eigenvalue weighted by atomic mass is 32.1. The summed E-state index contributed by atoms with van der Waals surface area (Å²) in [5, 5.41) is 0.930. The molecule has 92 valence electrons. The van der Waals surface area contributed by atoms with Gasteiger partial charge in [-0.05, 0) is 51.4 Å². The maximum atomic E-state index is 5.75. The first kappa shape index (κ1) is 13.5. The molecule has 0 saturated heterocycles. The monoisotopic (exact) mass is 240 g/mol. The summed E-state index contributed by atoms with van der Waals surface area (Å²) < 4.78 is 0. The molecule has 0 aliphatic carbocycles. The Morgan fingerprint density at radius 2 is 1.88 bits per heavy atom. The smallest absolute Gasteiger partial charge is 0.0859 e. The second kappa shape index (κ2) is 6.92. The molecule has 0 saturated carbocycles. The largest absolute Gasteiger partial charge is 0.391 e. The van der Waals surface area contributed by atoms with Crippen LogP contribution >= 0.6 is 11.3 Å². The third-order valence-electron chi connectivity index (χ3n) is 2.82. The van der Waals surface area contributed by atoms with Crippen molar-refractivity contribution in [3.05, 3.63) is 17.0 Å². The van der Waals surface area contributed by atoms with Crippen LogP contribution in [-0.4, -0.2) is 24.0 Å². The zero-order valence-electron chi connectivity index (χ0n) is 10.7. The van der Waals surface area contributed by atoms with Gasteiger partial charge < -0.3 is 10.6 Å². The molecular weight excluding hydrogens is 216 g/mol. The minimum absolute atomic E-state index is 0.623. The van der Waals surface area contributed by atoms with Gasteiger partial charge in [-0.3, -0.25) is 0 Å². The molecule has 0 aliphatic heterocycles. The Balaban J connectivity index is 2.50. The molecule has 0 amide bonds. The Morgan fingerprint density at radius 1 is 1.25 bits per heavy atom. The van der Waals surface area contributed by atoms with Gasteiger partial charge in [-0.25, -0.2) is 0 Å². The minimum Gasteiger partial charge on any atom is -0.391 e. The highest BCUT2D eigenvalue weighted by molar-refractivity contribution is 7.15. The van der Waals surface area contributed by atoms with Crippen LogP contribution < -0.4 is 5.73 Å². The second-order valence-corrected chi connectivity index (χ2v) is 5.59. The van der Waals surface area contributed by atoms with E-state index in [4.69, 9.17) is 5.73 Å². The van der Waals surface area contributed by atoms with Gasteiger partial charge in [0.05, 0.1) is 5.00 Å². The van der Waals surface area contributed by atoms with Gasteiger partial charge in [-0.1, -0.05) is 13.8 Å². The van der Waals surface area contributed by atoms with Crippen LogP contribution in [0.2, 0.25) is 0 Å². The van der Waals surface area contributed by atoms with E-state index in [1.54, 1.807) is 11.3 Å². The summed E-state index contributed by atoms with van der Waals surface area (Å²) in [6.45, 7) is 9.23. The van der Waals surface area contributed by atoms with Crippen LogP contribution in [0.4, 0.5) is 5.00 Å². The Hall–Kier alpha value is -0.540. The van der Waals surface area contributed by atoms with Crippen LogP contribution in [0, 0.1) is 0 Å². The molecule has 16 heavy (non-hydrogen) atoms. The fourth-order valence-corrected chi connectivity index (χ4v) is 2.95. The van der Waals surface area contributed by atoms with Crippen molar-refractivity contribution in [3.63, 3.8) is 0 Å². The van der Waals surface area contributed by atoms with E-state index < -0.39 is 0 Å². The van der Waals surface area contributed by atoms with E-state index in [1.165, 1.54) is 30.8 Å². The molecule has 1 aromatic rings. The van der Waals surface area contributed by atoms with Crippen LogP contribution in [0.25, 0.3) is 0 Å². The van der Waals surface area contributed by atoms with Crippen molar-refractivity contribution in [3.8, 4) is 0 Å². The van der Waals surface area contributed by atoms with Crippen molar-refractivity contribution in [2.24, 2.45) is 0 Å². The molecule has 0 bridgehead atoms. The Bertz CT molecular complexity index is 290. The maximum absolute atomic E-state index is 5.75. The van der Waals surface area contributed by atoms with E-state index >= 15 is 0 Å². The average Bonchev–Trinajstić information content (AvgIpc) is 2.63. The molecule has 0 aliphatic rings. The molecule has 2 N–H and O–H groups in total. The van der Waals surface area contributed by atoms with Crippen LogP contribution in [0.1, 0.15) is 38.5 Å². The number of nitrogen functional groups attached to an aromatic ring is 1. The Morgan fingerprint density at radius 3 is 2.31 bits per heavy atom. The van der Waals surface area contributed by atoms with Crippen LogP contribution in [-0.2, 0) is 6.42 Å². The Labute approximate surface area is 103 Å². The summed E-state index contributed by atoms with van der Waals surface area (Å²) in [4.78, 5) is 3.98. The second-order valence-electron chi connectivity index (χ2n) is 4.39. The van der Waals surface area contributed by atoms with Gasteiger partial charge in [0, 0.05) is 10.9 Å². The summed E-state index contributed by atoms with van der Waals surface area (Å²) >= 11 is 1.72. The fraction of sp³-hybridized carbons (Fsp3) is 0.692. The summed E-state index contributed by atoms with van der Waals surface area (Å²) in [6, 6.07) is 4.79. The summed E-state index contributed by atoms with van der Waals surface area (Å²) in [7, 11) is 0. The van der Waals surface area contributed by atoms with Gasteiger partial charge in [0.25, 0.3) is 0 Å². The molecule has 0 spiro atoms. The first-order valence-corrected chi connectivity index (χ1v) is 7.07. The zero-order chi connectivity index (χ0) is 12.0. The minimum atomic E-state index is 0.623. The van der Waals surface area contributed by atoms with Crippen molar-refractivity contribution in [1.29, 1.82) is 0 Å². The van der Waals surface area contributed by atoms with Crippen LogP contribution in [0.15, 0.2) is 12.1 Å². The fourth-order valence-electron chi connectivity index (χ4n) is 2.05. The molecule has 3 heteroatoms. The van der Waals surface area contributed by atoms with E-state index in [1.807, 2.05) is 6.07 Å². The predicted octanol–water partition coefficient (Wildman–Crippen LogP) is 3.38. The number of hydrogen-bond acceptors (Lipinski definition) is 3. The average molecular weight is 240 g/mol. The number of hydrogen-bond donors (Lipinski definition) is 1. The van der Waals surface area contributed by atoms with E-state index in [0.717, 1.165) is 11.4 Å². The molecule has 1 aromatic heterocycles. The lowest BCUT2D eigenvalue weighted by molar-refractivity contribution is 0.209. The van der Waals surface area contributed by atoms with Crippen molar-refractivity contribution in [2.75, 3.05) is 18.8 Å². The SMILES string of the molecule is CCCN(CCC)C(C)Cc1ccc(N)s1. The van der Waals surface area contributed by atoms with Gasteiger partial charge in [0.15, 0.2) is 0 Å². The topological polar surface area (TPSA) is 29.3 Å². The molecule has 1 atom stereocenters. The lowest BCUT2D eigenvalue weighted by atomic mass is 10.1. The molecule has 2 nitrogen and oxygen atoms in total. The normalized spacial score (nSPS) is 13.2. The van der Waals surface area contributed by atoms with Crippen LogP contribution in [0.5, 0.6) is 0 Å². The molecule has 1 unspecified atom stereocenters. The highest BCUT2D eigenvalue weighted by Gasteiger charge is 2.13. The van der Waals surface area contributed by atoms with E-state index in [0.29, 0.717) is 6.04 Å². The molecule has 1 rings (SSSR count). The third-order valence-corrected chi connectivity index (χ3v) is 3.76. The zero-order valence-corrected chi connectivity index (χ0v) is 11.5. The first-order valence-electron chi connectivity index (χ1n) is 6.25. The highest BCUT2D eigenvalue weighted by Crippen LogP contribution is 2.21. The molecule has 0 fully saturated rings. The molecule has 0 aromatic carbocycles. The van der Waals surface area contributed by atoms with Gasteiger partial charge in [-0.2, -0.15) is 0 Å². The van der Waals surface area contributed by atoms with Crippen molar-refractivity contribution in [2.45, 2.75) is 46.1 Å². The van der Waals surface area contributed by atoms with Gasteiger partial charge in [0.1, 0.15) is 0 Å². The number of anilines is 1. The molecular formula is C13H24N2S. The van der Waals surface area contributed by atoms with Crippen molar-refractivity contribution >= 4 is 16.3 Å². The van der Waals surface area contributed by atoms with Crippen molar-refractivity contribution < 1.29 is 0 Å². The number of thiophene rings is 1. The van der Waals surface area contributed by atoms with E-state index in [9.17, 15) is 0 Å². The van der Waals surface area contributed by atoms with E-state index in [2.05, 4.69) is 31.7 Å². The third kappa shape index (κ3) is 4.14. The van der Waals surface area contributed by atoms with Gasteiger partial charge in [-0.15, -0.1) is 11.3 Å². The first-order chi connectivity index (χ1) is 7.67. The quantitative estimate of drug-likeness (QED) is 0.791. The van der Waals surface area contributed by atoms with Crippen LogP contribution in [0.3, 0.4) is 0 Å². The molecule has 1 heterocycles. The standard InChI is InChI=1S/C13H24N2S/c1-4-8-15(9-5-2)11(3)10-12-6-7-13(14)16-12/h6-7,11H,4-5,8-10,14H2,1-3H3. The number of nitrogens with two attached hydrogens (primary N) is 1. The maximum Gasteiger partial charge on any atom is 0.0859 e.